The van der Waals surface area contributed by atoms with Crippen LogP contribution >= 0.6 is 69.8 Å². The van der Waals surface area contributed by atoms with E-state index in [1.165, 1.54) is 0 Å². The Morgan fingerprint density at radius 1 is 1.15 bits per heavy atom. The minimum Gasteiger partial charge on any atom is -0.270 e. The third-order valence-electron chi connectivity index (χ3n) is 1.38. The van der Waals surface area contributed by atoms with E-state index in [2.05, 4.69) is 0 Å². The molecule has 0 saturated carbocycles. The summed E-state index contributed by atoms with van der Waals surface area (Å²) < 4.78 is -3.38. The average Bonchev–Trinajstić information content (AvgIpc) is 2.00. The van der Waals surface area contributed by atoms with Crippen LogP contribution in [0.1, 0.15) is 0 Å². The lowest BCUT2D eigenvalue weighted by atomic mass is 10.2. The zero-order valence-electron chi connectivity index (χ0n) is 5.70. The minimum atomic E-state index is -2.09. The summed E-state index contributed by atoms with van der Waals surface area (Å²) in [7, 11) is 0. The second-order valence-corrected chi connectivity index (χ2v) is 5.67. The largest absolute Gasteiger partial charge is 0.281 e. The molecule has 0 unspecified atom stereocenters. The van der Waals surface area contributed by atoms with Crippen LogP contribution in [-0.2, 0) is 4.79 Å². The molecule has 8 heteroatoms. The standard InChI is InChI=1S/C5HCl6NO/c6-2-1-12(11)3(13)5(9,10)4(2,7)8/h1H. The highest BCUT2D eigenvalue weighted by Crippen LogP contribution is 2.52. The smallest absolute Gasteiger partial charge is 0.270 e. The lowest BCUT2D eigenvalue weighted by Gasteiger charge is -2.36. The van der Waals surface area contributed by atoms with E-state index in [1.807, 2.05) is 0 Å². The predicted molar refractivity (Wildman–Crippen MR) is 55.5 cm³/mol. The maximum absolute atomic E-state index is 11.3. The van der Waals surface area contributed by atoms with Crippen molar-refractivity contribution < 1.29 is 4.79 Å². The summed E-state index contributed by atoms with van der Waals surface area (Å²) in [6, 6.07) is 0. The average molecular weight is 304 g/mol. The van der Waals surface area contributed by atoms with Crippen LogP contribution in [0.4, 0.5) is 0 Å². The van der Waals surface area contributed by atoms with Gasteiger partial charge >= 0.3 is 0 Å². The Bertz CT molecular complexity index is 285. The molecule has 74 valence electrons. The van der Waals surface area contributed by atoms with E-state index in [0.29, 0.717) is 4.42 Å². The van der Waals surface area contributed by atoms with Gasteiger partial charge in [-0.1, -0.05) is 58.0 Å². The highest BCUT2D eigenvalue weighted by Gasteiger charge is 2.59. The van der Waals surface area contributed by atoms with Gasteiger partial charge < -0.3 is 0 Å². The van der Waals surface area contributed by atoms with Gasteiger partial charge in [0.25, 0.3) is 5.91 Å². The van der Waals surface area contributed by atoms with Gasteiger partial charge in [-0.05, 0) is 0 Å². The molecule has 13 heavy (non-hydrogen) atoms. The molecule has 1 heterocycles. The van der Waals surface area contributed by atoms with E-state index in [9.17, 15) is 4.79 Å². The summed E-state index contributed by atoms with van der Waals surface area (Å²) in [5, 5.41) is -0.129. The van der Waals surface area contributed by atoms with Crippen molar-refractivity contribution in [1.29, 1.82) is 0 Å². The highest BCUT2D eigenvalue weighted by atomic mass is 35.5. The first kappa shape index (κ1) is 12.0. The number of rotatable bonds is 0. The first-order chi connectivity index (χ1) is 5.71. The number of hydrogen-bond donors (Lipinski definition) is 0. The summed E-state index contributed by atoms with van der Waals surface area (Å²) in [4.78, 5) is 11.3. The van der Waals surface area contributed by atoms with Gasteiger partial charge in [-0.25, -0.2) is 4.42 Å². The van der Waals surface area contributed by atoms with Crippen LogP contribution in [-0.4, -0.2) is 19.0 Å². The molecule has 0 atom stereocenters. The van der Waals surface area contributed by atoms with Crippen molar-refractivity contribution in [3.05, 3.63) is 11.2 Å². The van der Waals surface area contributed by atoms with E-state index in [0.717, 1.165) is 6.20 Å². The SMILES string of the molecule is O=C1N(Cl)C=C(Cl)C(Cl)(Cl)C1(Cl)Cl. The van der Waals surface area contributed by atoms with Gasteiger partial charge in [-0.15, -0.1) is 0 Å². The van der Waals surface area contributed by atoms with Crippen LogP contribution in [0.15, 0.2) is 11.2 Å². The molecule has 1 aliphatic rings. The molecule has 0 bridgehead atoms. The van der Waals surface area contributed by atoms with E-state index in [4.69, 9.17) is 69.8 Å². The molecule has 0 N–H and O–H groups in total. The number of hydrogen-bond acceptors (Lipinski definition) is 1. The van der Waals surface area contributed by atoms with Crippen LogP contribution < -0.4 is 0 Å². The summed E-state index contributed by atoms with van der Waals surface area (Å²) in [5.41, 5.74) is 0. The number of allylic oxidation sites excluding steroid dienone is 1. The fourth-order valence-electron chi connectivity index (χ4n) is 0.658. The maximum Gasteiger partial charge on any atom is 0.281 e. The Hall–Kier alpha value is 0.950. The van der Waals surface area contributed by atoms with Crippen molar-refractivity contribution in [2.24, 2.45) is 0 Å². The molecule has 0 radical (unpaired) electrons. The number of alkyl halides is 4. The highest BCUT2D eigenvalue weighted by molar-refractivity contribution is 6.72. The minimum absolute atomic E-state index is 0.129. The molecule has 0 aliphatic carbocycles. The van der Waals surface area contributed by atoms with Crippen molar-refractivity contribution in [3.63, 3.8) is 0 Å². The number of nitrogens with zero attached hydrogens (tertiary/aromatic N) is 1. The molecule has 0 fully saturated rings. The van der Waals surface area contributed by atoms with E-state index in [1.54, 1.807) is 0 Å². The van der Waals surface area contributed by atoms with Gasteiger partial charge in [-0.3, -0.25) is 4.79 Å². The first-order valence-corrected chi connectivity index (χ1v) is 5.07. The van der Waals surface area contributed by atoms with Crippen molar-refractivity contribution in [2.75, 3.05) is 0 Å². The molecule has 2 nitrogen and oxygen atoms in total. The first-order valence-electron chi connectivity index (χ1n) is 2.84. The zero-order valence-corrected chi connectivity index (χ0v) is 10.2. The molecular weight excluding hydrogens is 303 g/mol. The third kappa shape index (κ3) is 1.73. The molecule has 0 aromatic heterocycles. The van der Waals surface area contributed by atoms with Gasteiger partial charge in [-0.2, -0.15) is 0 Å². The van der Waals surface area contributed by atoms with E-state index in [-0.39, 0.29) is 5.03 Å². The number of amides is 1. The molecule has 1 aliphatic heterocycles. The van der Waals surface area contributed by atoms with Gasteiger partial charge in [0.1, 0.15) is 0 Å². The summed E-state index contributed by atoms with van der Waals surface area (Å²) >= 11 is 33.6. The lowest BCUT2D eigenvalue weighted by molar-refractivity contribution is -0.126. The van der Waals surface area contributed by atoms with Crippen molar-refractivity contribution >= 4 is 75.7 Å². The zero-order chi connectivity index (χ0) is 10.4. The summed E-state index contributed by atoms with van der Waals surface area (Å²) in [6.45, 7) is 0. The van der Waals surface area contributed by atoms with Gasteiger partial charge in [0.05, 0.1) is 5.03 Å². The predicted octanol–water partition coefficient (Wildman–Crippen LogP) is 3.41. The Labute approximate surface area is 104 Å². The normalized spacial score (nSPS) is 25.8. The Morgan fingerprint density at radius 3 is 2.08 bits per heavy atom. The van der Waals surface area contributed by atoms with Crippen LogP contribution in [0.25, 0.3) is 0 Å². The summed E-state index contributed by atoms with van der Waals surface area (Å²) in [5.74, 6) is -0.855. The lowest BCUT2D eigenvalue weighted by Crippen LogP contribution is -2.51. The van der Waals surface area contributed by atoms with Gasteiger partial charge in [0, 0.05) is 18.0 Å². The monoisotopic (exact) mass is 301 g/mol. The third-order valence-corrected chi connectivity index (χ3v) is 4.46. The van der Waals surface area contributed by atoms with Crippen LogP contribution in [0.2, 0.25) is 0 Å². The van der Waals surface area contributed by atoms with E-state index < -0.39 is 14.6 Å². The van der Waals surface area contributed by atoms with Crippen molar-refractivity contribution in [2.45, 2.75) is 8.67 Å². The molecule has 0 spiro atoms. The summed E-state index contributed by atoms with van der Waals surface area (Å²) in [6.07, 6.45) is 1.04. The maximum atomic E-state index is 11.3. The molecule has 0 aromatic rings. The second kappa shape index (κ2) is 3.51. The number of carbonyl (C=O) groups is 1. The van der Waals surface area contributed by atoms with Crippen LogP contribution in [0, 0.1) is 0 Å². The van der Waals surface area contributed by atoms with Gasteiger partial charge in [0.15, 0.2) is 4.33 Å². The fourth-order valence-corrected chi connectivity index (χ4v) is 2.00. The Morgan fingerprint density at radius 2 is 1.62 bits per heavy atom. The second-order valence-electron chi connectivity index (χ2n) is 2.24. The topological polar surface area (TPSA) is 20.3 Å². The van der Waals surface area contributed by atoms with Crippen LogP contribution in [0.5, 0.6) is 0 Å². The van der Waals surface area contributed by atoms with E-state index >= 15 is 0 Å². The van der Waals surface area contributed by atoms with Crippen molar-refractivity contribution in [3.8, 4) is 0 Å². The molecule has 1 rings (SSSR count). The van der Waals surface area contributed by atoms with Gasteiger partial charge in [0.2, 0.25) is 4.33 Å². The molecule has 0 saturated heterocycles. The quantitative estimate of drug-likeness (QED) is 0.496. The molecular formula is C5HCl6NO. The Kier molecular flexibility index (Phi) is 3.25. The number of halogens is 6. The molecule has 1 amide bonds. The van der Waals surface area contributed by atoms with Crippen LogP contribution in [0.3, 0.4) is 0 Å². The fraction of sp³-hybridized carbons (Fsp3) is 0.400. The Balaban J connectivity index is 3.27. The number of carbonyl (C=O) groups excluding carboxylic acids is 1. The van der Waals surface area contributed by atoms with Crippen molar-refractivity contribution in [1.82, 2.24) is 4.42 Å². The molecule has 0 aromatic carbocycles.